The smallest absolute Gasteiger partial charge is 0.155 e. The van der Waals surface area contributed by atoms with Crippen LogP contribution < -0.4 is 0 Å². The Balaban J connectivity index is 1.54. The fourth-order valence-electron chi connectivity index (χ4n) is 9.19. The van der Waals surface area contributed by atoms with Crippen molar-refractivity contribution in [1.29, 1.82) is 0 Å². The van der Waals surface area contributed by atoms with E-state index in [1.54, 1.807) is 0 Å². The van der Waals surface area contributed by atoms with E-state index in [4.69, 9.17) is 0 Å². The summed E-state index contributed by atoms with van der Waals surface area (Å²) >= 11 is 0. The van der Waals surface area contributed by atoms with Crippen LogP contribution in [0.15, 0.2) is 11.6 Å². The van der Waals surface area contributed by atoms with Crippen LogP contribution in [-0.2, 0) is 9.59 Å². The summed E-state index contributed by atoms with van der Waals surface area (Å²) in [5.74, 6) is 3.72. The van der Waals surface area contributed by atoms with Crippen LogP contribution in [0.4, 0.5) is 0 Å². The standard InChI is InChI=1S/C24H34O2/c1-15(25)24-10-4-5-17(24)14-21-19-7-6-16-13-18(26)8-11-22(16,2)20(19)9-12-23(21,24)3/h13,17,19-21H,4-12,14H2,1-3H3/t17-,19?,20?,21?,22+,23+,24+/m1/s1. The zero-order chi connectivity index (χ0) is 18.3. The largest absolute Gasteiger partial charge is 0.299 e. The minimum Gasteiger partial charge on any atom is -0.299 e. The fraction of sp³-hybridized carbons (Fsp3) is 0.833. The average molecular weight is 355 g/mol. The van der Waals surface area contributed by atoms with Crippen molar-refractivity contribution >= 4 is 11.6 Å². The predicted molar refractivity (Wildman–Crippen MR) is 103 cm³/mol. The Morgan fingerprint density at radius 2 is 1.85 bits per heavy atom. The first-order chi connectivity index (χ1) is 12.3. The van der Waals surface area contributed by atoms with Crippen LogP contribution in [0.25, 0.3) is 0 Å². The first-order valence-corrected chi connectivity index (χ1v) is 11.1. The van der Waals surface area contributed by atoms with Crippen LogP contribution in [-0.4, -0.2) is 11.6 Å². The summed E-state index contributed by atoms with van der Waals surface area (Å²) in [6.07, 6.45) is 13.6. The van der Waals surface area contributed by atoms with Crippen molar-refractivity contribution in [3.8, 4) is 0 Å². The molecule has 2 nitrogen and oxygen atoms in total. The fourth-order valence-corrected chi connectivity index (χ4v) is 9.19. The molecule has 0 aromatic heterocycles. The second-order valence-corrected chi connectivity index (χ2v) is 10.8. The SMILES string of the molecule is CC(=O)[C@@]12CCC[C@@H]1CC1C3CCC4=CC(=O)CC[C@]4(C)C3CC[C@@]12C. The molecule has 0 bridgehead atoms. The van der Waals surface area contributed by atoms with Crippen LogP contribution in [0.1, 0.15) is 85.0 Å². The first-order valence-electron chi connectivity index (χ1n) is 11.1. The van der Waals surface area contributed by atoms with E-state index in [1.807, 2.05) is 13.0 Å². The molecule has 2 heteroatoms. The van der Waals surface area contributed by atoms with Gasteiger partial charge in [-0.25, -0.2) is 0 Å². The molecule has 0 saturated heterocycles. The van der Waals surface area contributed by atoms with Gasteiger partial charge in [0.2, 0.25) is 0 Å². The molecule has 26 heavy (non-hydrogen) atoms. The lowest BCUT2D eigenvalue weighted by Crippen LogP contribution is -2.54. The molecule has 3 unspecified atom stereocenters. The van der Waals surface area contributed by atoms with Gasteiger partial charge in [-0.3, -0.25) is 9.59 Å². The molecule has 7 atom stereocenters. The average Bonchev–Trinajstić information content (AvgIpc) is 3.12. The second kappa shape index (κ2) is 5.32. The summed E-state index contributed by atoms with van der Waals surface area (Å²) in [5.41, 5.74) is 1.92. The van der Waals surface area contributed by atoms with Crippen molar-refractivity contribution in [3.05, 3.63) is 11.6 Å². The molecular formula is C24H34O2. The maximum Gasteiger partial charge on any atom is 0.155 e. The van der Waals surface area contributed by atoms with Gasteiger partial charge in [0.05, 0.1) is 0 Å². The van der Waals surface area contributed by atoms with Crippen LogP contribution in [0, 0.1) is 39.9 Å². The Labute approximate surface area is 158 Å². The molecule has 5 rings (SSSR count). The summed E-state index contributed by atoms with van der Waals surface area (Å²) in [5, 5.41) is 0. The molecule has 5 aliphatic rings. The molecule has 0 N–H and O–H groups in total. The number of fused-ring (bicyclic) bond motifs is 7. The van der Waals surface area contributed by atoms with E-state index in [9.17, 15) is 9.59 Å². The number of ketones is 2. The summed E-state index contributed by atoms with van der Waals surface area (Å²) in [7, 11) is 0. The maximum absolute atomic E-state index is 13.0. The first kappa shape index (κ1) is 17.2. The highest BCUT2D eigenvalue weighted by molar-refractivity contribution is 5.91. The number of hydrogen-bond acceptors (Lipinski definition) is 2. The van der Waals surface area contributed by atoms with Crippen molar-refractivity contribution in [2.24, 2.45) is 39.9 Å². The number of carbonyl (C=O) groups excluding carboxylic acids is 2. The topological polar surface area (TPSA) is 34.1 Å². The number of hydrogen-bond donors (Lipinski definition) is 0. The molecular weight excluding hydrogens is 320 g/mol. The van der Waals surface area contributed by atoms with Gasteiger partial charge in [-0.1, -0.05) is 25.8 Å². The lowest BCUT2D eigenvalue weighted by molar-refractivity contribution is -0.143. The van der Waals surface area contributed by atoms with Gasteiger partial charge >= 0.3 is 0 Å². The van der Waals surface area contributed by atoms with Gasteiger partial charge in [0.25, 0.3) is 0 Å². The van der Waals surface area contributed by atoms with Crippen LogP contribution >= 0.6 is 0 Å². The highest BCUT2D eigenvalue weighted by atomic mass is 16.1. The molecule has 0 heterocycles. The van der Waals surface area contributed by atoms with E-state index in [0.29, 0.717) is 17.5 Å². The zero-order valence-electron chi connectivity index (χ0n) is 16.8. The minimum absolute atomic E-state index is 0.0117. The molecule has 4 fully saturated rings. The number of rotatable bonds is 1. The lowest BCUT2D eigenvalue weighted by atomic mass is 9.44. The van der Waals surface area contributed by atoms with Gasteiger partial charge in [-0.05, 0) is 98.9 Å². The molecule has 0 aromatic rings. The second-order valence-electron chi connectivity index (χ2n) is 10.8. The molecule has 4 saturated carbocycles. The lowest BCUT2D eigenvalue weighted by Gasteiger charge is -2.59. The van der Waals surface area contributed by atoms with Crippen molar-refractivity contribution in [3.63, 3.8) is 0 Å². The Hall–Kier alpha value is -0.920. The van der Waals surface area contributed by atoms with Gasteiger partial charge < -0.3 is 0 Å². The van der Waals surface area contributed by atoms with Gasteiger partial charge in [0.1, 0.15) is 5.78 Å². The van der Waals surface area contributed by atoms with Crippen LogP contribution in [0.2, 0.25) is 0 Å². The Kier molecular flexibility index (Phi) is 3.52. The molecule has 0 spiro atoms. The van der Waals surface area contributed by atoms with Crippen molar-refractivity contribution in [2.45, 2.75) is 85.0 Å². The quantitative estimate of drug-likeness (QED) is 0.623. The summed E-state index contributed by atoms with van der Waals surface area (Å²) in [4.78, 5) is 24.9. The van der Waals surface area contributed by atoms with E-state index < -0.39 is 0 Å². The maximum atomic E-state index is 13.0. The van der Waals surface area contributed by atoms with E-state index in [1.165, 1.54) is 44.1 Å². The van der Waals surface area contributed by atoms with E-state index in [-0.39, 0.29) is 16.2 Å². The molecule has 142 valence electrons. The molecule has 0 aliphatic heterocycles. The predicted octanol–water partition coefficient (Wildman–Crippen LogP) is 5.50. The highest BCUT2D eigenvalue weighted by Gasteiger charge is 2.69. The number of carbonyl (C=O) groups is 2. The van der Waals surface area contributed by atoms with E-state index in [0.717, 1.165) is 43.4 Å². The normalized spacial score (nSPS) is 52.6. The Bertz CT molecular complexity index is 705. The summed E-state index contributed by atoms with van der Waals surface area (Å²) < 4.78 is 0. The third kappa shape index (κ3) is 1.85. The van der Waals surface area contributed by atoms with E-state index in [2.05, 4.69) is 13.8 Å². The highest BCUT2D eigenvalue weighted by Crippen LogP contribution is 2.74. The molecule has 5 aliphatic carbocycles. The molecule has 0 amide bonds. The van der Waals surface area contributed by atoms with Crippen LogP contribution in [0.3, 0.4) is 0 Å². The van der Waals surface area contributed by atoms with Gasteiger partial charge in [0.15, 0.2) is 5.78 Å². The van der Waals surface area contributed by atoms with Gasteiger partial charge in [-0.2, -0.15) is 0 Å². The summed E-state index contributed by atoms with van der Waals surface area (Å²) in [6, 6.07) is 0. The molecule has 0 radical (unpaired) electrons. The van der Waals surface area contributed by atoms with Gasteiger partial charge in [-0.15, -0.1) is 0 Å². The third-order valence-electron chi connectivity index (χ3n) is 10.4. The van der Waals surface area contributed by atoms with Crippen LogP contribution in [0.5, 0.6) is 0 Å². The Morgan fingerprint density at radius 1 is 1.04 bits per heavy atom. The third-order valence-corrected chi connectivity index (χ3v) is 10.4. The number of allylic oxidation sites excluding steroid dienone is 1. The number of Topliss-reactive ketones (excluding diaryl/α,β-unsaturated/α-hetero) is 1. The monoisotopic (exact) mass is 354 g/mol. The van der Waals surface area contributed by atoms with E-state index >= 15 is 0 Å². The van der Waals surface area contributed by atoms with Crippen molar-refractivity contribution in [2.75, 3.05) is 0 Å². The zero-order valence-corrected chi connectivity index (χ0v) is 16.8. The van der Waals surface area contributed by atoms with Gasteiger partial charge in [0, 0.05) is 11.8 Å². The Morgan fingerprint density at radius 3 is 2.62 bits per heavy atom. The molecule has 0 aromatic carbocycles. The summed E-state index contributed by atoms with van der Waals surface area (Å²) in [6.45, 7) is 6.85. The van der Waals surface area contributed by atoms with Crippen molar-refractivity contribution in [1.82, 2.24) is 0 Å². The van der Waals surface area contributed by atoms with Crippen molar-refractivity contribution < 1.29 is 9.59 Å². The minimum atomic E-state index is -0.0117.